The molecule has 2 aromatic rings. The number of hydrazine groups is 1. The van der Waals surface area contributed by atoms with Crippen molar-refractivity contribution in [1.29, 1.82) is 0 Å². The summed E-state index contributed by atoms with van der Waals surface area (Å²) in [5, 5.41) is 0.734. The Morgan fingerprint density at radius 2 is 2.05 bits per heavy atom. The lowest BCUT2D eigenvalue weighted by Gasteiger charge is -2.00. The van der Waals surface area contributed by atoms with E-state index in [1.807, 2.05) is 24.3 Å². The van der Waals surface area contributed by atoms with Crippen molar-refractivity contribution in [3.05, 3.63) is 58.5 Å². The molecule has 2 rings (SSSR count). The van der Waals surface area contributed by atoms with E-state index in [2.05, 4.69) is 5.43 Å². The highest BCUT2D eigenvalue weighted by Gasteiger charge is 2.08. The number of thioether (sulfide) groups is 1. The molecule has 1 amide bonds. The van der Waals surface area contributed by atoms with Crippen molar-refractivity contribution >= 4 is 29.3 Å². The van der Waals surface area contributed by atoms with Crippen molar-refractivity contribution in [3.63, 3.8) is 0 Å². The molecule has 0 bridgehead atoms. The Morgan fingerprint density at radius 3 is 2.74 bits per heavy atom. The third kappa shape index (κ3) is 4.02. The first-order valence-corrected chi connectivity index (χ1v) is 7.13. The molecule has 0 aliphatic rings. The summed E-state index contributed by atoms with van der Waals surface area (Å²) in [5.74, 6) is 7.00. The first kappa shape index (κ1) is 14.0. The van der Waals surface area contributed by atoms with Gasteiger partial charge in [0.25, 0.3) is 5.91 Å². The molecule has 4 nitrogen and oxygen atoms in total. The summed E-state index contributed by atoms with van der Waals surface area (Å²) in [4.78, 5) is 11.2. The topological polar surface area (TPSA) is 68.3 Å². The second kappa shape index (κ2) is 6.65. The van der Waals surface area contributed by atoms with E-state index in [1.165, 1.54) is 11.8 Å². The number of rotatable bonds is 5. The third-order valence-corrected chi connectivity index (χ3v) is 3.75. The average Bonchev–Trinajstić information content (AvgIpc) is 2.89. The van der Waals surface area contributed by atoms with Crippen LogP contribution in [0.5, 0.6) is 0 Å². The van der Waals surface area contributed by atoms with E-state index in [9.17, 15) is 4.79 Å². The van der Waals surface area contributed by atoms with E-state index in [0.29, 0.717) is 11.3 Å². The Hall–Kier alpha value is -1.43. The van der Waals surface area contributed by atoms with Crippen LogP contribution in [0, 0.1) is 0 Å². The fraction of sp³-hybridized carbons (Fsp3) is 0.154. The van der Waals surface area contributed by atoms with Gasteiger partial charge in [0.15, 0.2) is 0 Å². The maximum absolute atomic E-state index is 11.2. The number of hydrogen-bond donors (Lipinski definition) is 2. The molecule has 100 valence electrons. The highest BCUT2D eigenvalue weighted by Crippen LogP contribution is 2.20. The van der Waals surface area contributed by atoms with E-state index in [4.69, 9.17) is 21.9 Å². The maximum Gasteiger partial charge on any atom is 0.268 e. The zero-order valence-corrected chi connectivity index (χ0v) is 11.6. The van der Waals surface area contributed by atoms with E-state index in [0.717, 1.165) is 16.5 Å². The number of carbonyl (C=O) groups excluding carboxylic acids is 1. The number of furan rings is 1. The highest BCUT2D eigenvalue weighted by molar-refractivity contribution is 7.97. The smallest absolute Gasteiger partial charge is 0.268 e. The van der Waals surface area contributed by atoms with Gasteiger partial charge in [0.1, 0.15) is 12.0 Å². The van der Waals surface area contributed by atoms with Crippen molar-refractivity contribution in [1.82, 2.24) is 5.43 Å². The van der Waals surface area contributed by atoms with Crippen LogP contribution in [0.3, 0.4) is 0 Å². The van der Waals surface area contributed by atoms with Gasteiger partial charge in [0, 0.05) is 10.8 Å². The van der Waals surface area contributed by atoms with Crippen LogP contribution in [-0.2, 0) is 11.5 Å². The van der Waals surface area contributed by atoms with Gasteiger partial charge in [-0.05, 0) is 23.8 Å². The van der Waals surface area contributed by atoms with Gasteiger partial charge in [0.2, 0.25) is 0 Å². The molecular formula is C13H13ClN2O2S. The predicted octanol–water partition coefficient (Wildman–Crippen LogP) is 2.97. The minimum Gasteiger partial charge on any atom is -0.468 e. The van der Waals surface area contributed by atoms with Gasteiger partial charge in [0.05, 0.1) is 11.3 Å². The highest BCUT2D eigenvalue weighted by atomic mass is 35.5. The number of halogens is 1. The molecule has 6 heteroatoms. The van der Waals surface area contributed by atoms with Gasteiger partial charge in [-0.3, -0.25) is 10.2 Å². The molecule has 1 aromatic heterocycles. The van der Waals surface area contributed by atoms with E-state index in [1.54, 1.807) is 17.8 Å². The summed E-state index contributed by atoms with van der Waals surface area (Å²) in [5.41, 5.74) is 3.69. The number of nitrogens with two attached hydrogens (primary N) is 1. The first-order valence-electron chi connectivity index (χ1n) is 5.59. The molecule has 0 spiro atoms. The van der Waals surface area contributed by atoms with Crippen molar-refractivity contribution in [3.8, 4) is 0 Å². The molecular weight excluding hydrogens is 284 g/mol. The van der Waals surface area contributed by atoms with Gasteiger partial charge in [-0.2, -0.15) is 0 Å². The summed E-state index contributed by atoms with van der Waals surface area (Å²) in [6.07, 6.45) is 1.40. The quantitative estimate of drug-likeness (QED) is 0.506. The van der Waals surface area contributed by atoms with Gasteiger partial charge in [-0.15, -0.1) is 11.8 Å². The summed E-state index contributed by atoms with van der Waals surface area (Å²) in [7, 11) is 0. The number of carbonyl (C=O) groups is 1. The zero-order chi connectivity index (χ0) is 13.7. The van der Waals surface area contributed by atoms with Gasteiger partial charge >= 0.3 is 0 Å². The summed E-state index contributed by atoms with van der Waals surface area (Å²) in [6.45, 7) is 0. The number of nitrogens with one attached hydrogen (secondary N) is 1. The summed E-state index contributed by atoms with van der Waals surface area (Å²) in [6, 6.07) is 9.41. The van der Waals surface area contributed by atoms with E-state index >= 15 is 0 Å². The van der Waals surface area contributed by atoms with Crippen LogP contribution < -0.4 is 11.3 Å². The standard InChI is InChI=1S/C13H13ClN2O2S/c14-11-3-1-9(2-4-11)7-19-8-12-5-10(6-18-12)13(17)16-15/h1-6H,7-8,15H2,(H,16,17). The Kier molecular flexibility index (Phi) is 4.90. The van der Waals surface area contributed by atoms with Gasteiger partial charge in [-0.25, -0.2) is 5.84 Å². The van der Waals surface area contributed by atoms with Crippen molar-refractivity contribution in [2.75, 3.05) is 0 Å². The fourth-order valence-electron chi connectivity index (χ4n) is 1.51. The number of amides is 1. The molecule has 1 aromatic carbocycles. The van der Waals surface area contributed by atoms with Crippen LogP contribution in [0.15, 0.2) is 41.0 Å². The minimum atomic E-state index is -0.349. The molecule has 0 atom stereocenters. The van der Waals surface area contributed by atoms with Crippen LogP contribution in [0.4, 0.5) is 0 Å². The molecule has 0 fully saturated rings. The van der Waals surface area contributed by atoms with Crippen molar-refractivity contribution in [2.45, 2.75) is 11.5 Å². The lowest BCUT2D eigenvalue weighted by atomic mass is 10.2. The predicted molar refractivity (Wildman–Crippen MR) is 76.8 cm³/mol. The first-order chi connectivity index (χ1) is 9.19. The Bertz CT molecular complexity index is 554. The zero-order valence-electron chi connectivity index (χ0n) is 10.1. The van der Waals surface area contributed by atoms with Crippen LogP contribution in [0.25, 0.3) is 0 Å². The number of nitrogen functional groups attached to an aromatic ring is 1. The average molecular weight is 297 g/mol. The van der Waals surface area contributed by atoms with Crippen LogP contribution in [0.1, 0.15) is 21.7 Å². The Labute approximate surface area is 120 Å². The van der Waals surface area contributed by atoms with Crippen LogP contribution in [-0.4, -0.2) is 5.91 Å². The summed E-state index contributed by atoms with van der Waals surface area (Å²) < 4.78 is 5.29. The number of hydrogen-bond acceptors (Lipinski definition) is 4. The van der Waals surface area contributed by atoms with Crippen LogP contribution >= 0.6 is 23.4 Å². The molecule has 0 aliphatic heterocycles. The normalized spacial score (nSPS) is 10.4. The molecule has 1 heterocycles. The molecule has 0 radical (unpaired) electrons. The lowest BCUT2D eigenvalue weighted by molar-refractivity contribution is 0.0953. The van der Waals surface area contributed by atoms with Crippen molar-refractivity contribution in [2.24, 2.45) is 5.84 Å². The molecule has 0 saturated heterocycles. The van der Waals surface area contributed by atoms with Crippen LogP contribution in [0.2, 0.25) is 5.02 Å². The van der Waals surface area contributed by atoms with Gasteiger partial charge < -0.3 is 4.42 Å². The molecule has 0 aliphatic carbocycles. The van der Waals surface area contributed by atoms with E-state index < -0.39 is 0 Å². The van der Waals surface area contributed by atoms with Gasteiger partial charge in [-0.1, -0.05) is 23.7 Å². The largest absolute Gasteiger partial charge is 0.468 e. The van der Waals surface area contributed by atoms with Crippen molar-refractivity contribution < 1.29 is 9.21 Å². The lowest BCUT2D eigenvalue weighted by Crippen LogP contribution is -2.29. The SMILES string of the molecule is NNC(=O)c1coc(CSCc2ccc(Cl)cc2)c1. The third-order valence-electron chi connectivity index (χ3n) is 2.47. The Morgan fingerprint density at radius 1 is 1.32 bits per heavy atom. The monoisotopic (exact) mass is 296 g/mol. The summed E-state index contributed by atoms with van der Waals surface area (Å²) >= 11 is 7.52. The molecule has 0 unspecified atom stereocenters. The Balaban J connectivity index is 1.84. The fourth-order valence-corrected chi connectivity index (χ4v) is 2.52. The van der Waals surface area contributed by atoms with E-state index in [-0.39, 0.29) is 5.91 Å². The molecule has 19 heavy (non-hydrogen) atoms. The second-order valence-corrected chi connectivity index (χ2v) is 5.32. The molecule has 0 saturated carbocycles. The maximum atomic E-state index is 11.2. The number of benzene rings is 1. The minimum absolute atomic E-state index is 0.349. The second-order valence-electron chi connectivity index (χ2n) is 3.89. The molecule has 3 N–H and O–H groups in total.